The molecule has 0 heterocycles. The summed E-state index contributed by atoms with van der Waals surface area (Å²) in [5.74, 6) is -1.28. The summed E-state index contributed by atoms with van der Waals surface area (Å²) in [5.41, 5.74) is 0.782. The van der Waals surface area contributed by atoms with Crippen molar-refractivity contribution in [1.82, 2.24) is 0 Å². The summed E-state index contributed by atoms with van der Waals surface area (Å²) >= 11 is 0. The summed E-state index contributed by atoms with van der Waals surface area (Å²) in [4.78, 5) is 12.1. The summed E-state index contributed by atoms with van der Waals surface area (Å²) in [7, 11) is 0. The molecule has 1 aromatic rings. The predicted molar refractivity (Wildman–Crippen MR) is 140 cm³/mol. The molecule has 0 bridgehead atoms. The Kier molecular flexibility index (Phi) is 18.5. The highest BCUT2D eigenvalue weighted by molar-refractivity contribution is 5.63. The molecule has 0 aromatic heterocycles. The fourth-order valence-corrected chi connectivity index (χ4v) is 4.01. The Morgan fingerprint density at radius 2 is 1.00 bits per heavy atom. The van der Waals surface area contributed by atoms with Gasteiger partial charge >= 0.3 is 0 Å². The fourth-order valence-electron chi connectivity index (χ4n) is 4.01. The molecule has 3 nitrogen and oxygen atoms in total. The Bertz CT molecular complexity index is 568. The number of hydrogen-bond donors (Lipinski definition) is 0. The van der Waals surface area contributed by atoms with Crippen molar-refractivity contribution < 1.29 is 14.3 Å². The first-order valence-corrected chi connectivity index (χ1v) is 13.3. The lowest BCUT2D eigenvalue weighted by atomic mass is 10.1. The van der Waals surface area contributed by atoms with E-state index in [1.165, 1.54) is 64.2 Å². The first-order valence-electron chi connectivity index (χ1n) is 13.3. The number of allylic oxidation sites excluding steroid dienone is 2. The smallest absolute Gasteiger partial charge is 0.253 e. The largest absolute Gasteiger partial charge is 0.340 e. The van der Waals surface area contributed by atoms with Crippen molar-refractivity contribution in [2.45, 2.75) is 109 Å². The first kappa shape index (κ1) is 29.3. The molecule has 0 aliphatic rings. The van der Waals surface area contributed by atoms with E-state index in [0.29, 0.717) is 13.2 Å². The van der Waals surface area contributed by atoms with Crippen LogP contribution in [0.5, 0.6) is 0 Å². The average molecular weight is 457 g/mol. The molecule has 33 heavy (non-hydrogen) atoms. The molecule has 0 aliphatic carbocycles. The maximum Gasteiger partial charge on any atom is 0.253 e. The van der Waals surface area contributed by atoms with E-state index in [2.05, 4.69) is 13.2 Å². The van der Waals surface area contributed by atoms with Gasteiger partial charge in [0.15, 0.2) is 6.29 Å². The van der Waals surface area contributed by atoms with Crippen LogP contribution in [0.1, 0.15) is 108 Å². The molecule has 186 valence electrons. The van der Waals surface area contributed by atoms with Gasteiger partial charge in [0.25, 0.3) is 5.79 Å². The first-order chi connectivity index (χ1) is 16.3. The van der Waals surface area contributed by atoms with E-state index < -0.39 is 5.79 Å². The van der Waals surface area contributed by atoms with E-state index in [-0.39, 0.29) is 0 Å². The minimum absolute atomic E-state index is 0.537. The van der Waals surface area contributed by atoms with Gasteiger partial charge in [-0.2, -0.15) is 0 Å². The van der Waals surface area contributed by atoms with Crippen molar-refractivity contribution >= 4 is 6.29 Å². The third kappa shape index (κ3) is 14.2. The van der Waals surface area contributed by atoms with E-state index >= 15 is 0 Å². The van der Waals surface area contributed by atoms with Gasteiger partial charge in [0.1, 0.15) is 0 Å². The molecule has 0 atom stereocenters. The highest BCUT2D eigenvalue weighted by Crippen LogP contribution is 2.26. The lowest BCUT2D eigenvalue weighted by Crippen LogP contribution is -2.36. The topological polar surface area (TPSA) is 35.5 Å². The number of ether oxygens (including phenoxy) is 2. The standard InChI is InChI=1S/C30H48O3/c1-3-5-7-9-11-13-15-17-22-26-32-30(28-31,29-24-20-19-21-25-29)33-27-23-18-16-14-12-10-8-6-4-2/h3-4,19-21,24-25,28H,1-2,5-18,22-23,26-27H2. The normalized spacial score (nSPS) is 11.4. The maximum atomic E-state index is 12.1. The molecule has 1 rings (SSSR count). The van der Waals surface area contributed by atoms with Crippen LogP contribution in [0.25, 0.3) is 0 Å². The summed E-state index contributed by atoms with van der Waals surface area (Å²) in [6, 6.07) is 9.64. The van der Waals surface area contributed by atoms with Gasteiger partial charge in [-0.05, 0) is 38.5 Å². The van der Waals surface area contributed by atoms with Crippen LogP contribution in [0.2, 0.25) is 0 Å². The third-order valence-corrected chi connectivity index (χ3v) is 6.07. The molecule has 0 radical (unpaired) electrons. The van der Waals surface area contributed by atoms with Crippen LogP contribution in [-0.4, -0.2) is 19.5 Å². The summed E-state index contributed by atoms with van der Waals surface area (Å²) in [5, 5.41) is 0. The quantitative estimate of drug-likeness (QED) is 0.0675. The van der Waals surface area contributed by atoms with E-state index in [4.69, 9.17) is 9.47 Å². The van der Waals surface area contributed by atoms with Gasteiger partial charge in [-0.25, -0.2) is 0 Å². The van der Waals surface area contributed by atoms with Gasteiger partial charge in [0, 0.05) is 5.56 Å². The van der Waals surface area contributed by atoms with Crippen molar-refractivity contribution in [1.29, 1.82) is 0 Å². The van der Waals surface area contributed by atoms with Crippen LogP contribution in [0.4, 0.5) is 0 Å². The van der Waals surface area contributed by atoms with E-state index in [1.807, 2.05) is 42.5 Å². The average Bonchev–Trinajstić information content (AvgIpc) is 2.85. The minimum atomic E-state index is -1.28. The lowest BCUT2D eigenvalue weighted by molar-refractivity contribution is -0.227. The Morgan fingerprint density at radius 1 is 0.606 bits per heavy atom. The van der Waals surface area contributed by atoms with Gasteiger partial charge < -0.3 is 9.47 Å². The third-order valence-electron chi connectivity index (χ3n) is 6.07. The number of carbonyl (C=O) groups is 1. The Labute approximate surface area is 203 Å². The number of rotatable bonds is 24. The molecule has 0 unspecified atom stereocenters. The molecule has 0 spiro atoms. The zero-order chi connectivity index (χ0) is 23.9. The highest BCUT2D eigenvalue weighted by atomic mass is 16.7. The monoisotopic (exact) mass is 456 g/mol. The number of carbonyl (C=O) groups excluding carboxylic acids is 1. The van der Waals surface area contributed by atoms with Crippen molar-refractivity contribution in [3.05, 3.63) is 61.2 Å². The maximum absolute atomic E-state index is 12.1. The number of aldehydes is 1. The number of unbranched alkanes of at least 4 members (excludes halogenated alkanes) is 14. The van der Waals surface area contributed by atoms with E-state index in [0.717, 1.165) is 50.4 Å². The SMILES string of the molecule is C=CCCCCCCCCCOC(C=O)(OCCCCCCCCCC=C)c1ccccc1. The second-order valence-electron chi connectivity index (χ2n) is 8.95. The Morgan fingerprint density at radius 3 is 1.39 bits per heavy atom. The van der Waals surface area contributed by atoms with Gasteiger partial charge in [0.2, 0.25) is 0 Å². The van der Waals surface area contributed by atoms with E-state index in [1.54, 1.807) is 0 Å². The van der Waals surface area contributed by atoms with Gasteiger partial charge in [-0.3, -0.25) is 4.79 Å². The Hall–Kier alpha value is -1.71. The van der Waals surface area contributed by atoms with Crippen molar-refractivity contribution in [2.24, 2.45) is 0 Å². The molecule has 0 saturated carbocycles. The molecule has 1 aromatic carbocycles. The number of benzene rings is 1. The molecule has 0 fully saturated rings. The zero-order valence-electron chi connectivity index (χ0n) is 21.0. The van der Waals surface area contributed by atoms with Crippen molar-refractivity contribution in [2.75, 3.05) is 13.2 Å². The summed E-state index contributed by atoms with van der Waals surface area (Å²) in [6.45, 7) is 8.62. The van der Waals surface area contributed by atoms with Crippen LogP contribution < -0.4 is 0 Å². The fraction of sp³-hybridized carbons (Fsp3) is 0.633. The van der Waals surface area contributed by atoms with Crippen LogP contribution in [0.3, 0.4) is 0 Å². The van der Waals surface area contributed by atoms with Crippen molar-refractivity contribution in [3.8, 4) is 0 Å². The number of hydrogen-bond acceptors (Lipinski definition) is 3. The minimum Gasteiger partial charge on any atom is -0.340 e. The van der Waals surface area contributed by atoms with Gasteiger partial charge in [0.05, 0.1) is 13.2 Å². The van der Waals surface area contributed by atoms with Crippen molar-refractivity contribution in [3.63, 3.8) is 0 Å². The van der Waals surface area contributed by atoms with Gasteiger partial charge in [-0.15, -0.1) is 13.2 Å². The second-order valence-corrected chi connectivity index (χ2v) is 8.95. The van der Waals surface area contributed by atoms with Crippen LogP contribution in [-0.2, 0) is 20.1 Å². The van der Waals surface area contributed by atoms with Gasteiger partial charge in [-0.1, -0.05) is 107 Å². The summed E-state index contributed by atoms with van der Waals surface area (Å²) in [6.07, 6.45) is 23.8. The molecule has 0 amide bonds. The summed E-state index contributed by atoms with van der Waals surface area (Å²) < 4.78 is 12.2. The predicted octanol–water partition coefficient (Wildman–Crippen LogP) is 8.69. The molecule has 0 N–H and O–H groups in total. The van der Waals surface area contributed by atoms with Crippen LogP contribution in [0, 0.1) is 0 Å². The van der Waals surface area contributed by atoms with Crippen LogP contribution >= 0.6 is 0 Å². The molecule has 3 heteroatoms. The second kappa shape index (κ2) is 20.9. The molecule has 0 saturated heterocycles. The lowest BCUT2D eigenvalue weighted by Gasteiger charge is -2.29. The highest BCUT2D eigenvalue weighted by Gasteiger charge is 2.34. The molecule has 0 aliphatic heterocycles. The zero-order valence-corrected chi connectivity index (χ0v) is 21.0. The van der Waals surface area contributed by atoms with Crippen LogP contribution in [0.15, 0.2) is 55.6 Å². The Balaban J connectivity index is 2.32. The molecular formula is C30H48O3. The molecular weight excluding hydrogens is 408 g/mol. The van der Waals surface area contributed by atoms with E-state index in [9.17, 15) is 4.79 Å².